The Kier molecular flexibility index (Phi) is 1.53. The van der Waals surface area contributed by atoms with Gasteiger partial charge in [0, 0.05) is 0 Å². The molecule has 1 aromatic heterocycles. The first-order chi connectivity index (χ1) is 4.68. The van der Waals surface area contributed by atoms with Crippen molar-refractivity contribution in [2.24, 2.45) is 5.73 Å². The predicted octanol–water partition coefficient (Wildman–Crippen LogP) is -2.48. The monoisotopic (exact) mass is 143 g/mol. The predicted molar refractivity (Wildman–Crippen MR) is 25.3 cm³/mol. The zero-order valence-corrected chi connectivity index (χ0v) is 4.98. The van der Waals surface area contributed by atoms with Crippen LogP contribution in [0.2, 0.25) is 0 Å². The van der Waals surface area contributed by atoms with Crippen LogP contribution >= 0.6 is 0 Å². The van der Waals surface area contributed by atoms with E-state index in [1.807, 2.05) is 0 Å². The minimum Gasteiger partial charge on any atom is -0.539 e. The van der Waals surface area contributed by atoms with Gasteiger partial charge in [0.05, 0.1) is 5.27 Å². The summed E-state index contributed by atoms with van der Waals surface area (Å²) in [7, 11) is 0. The summed E-state index contributed by atoms with van der Waals surface area (Å²) in [4.78, 5) is 10.2. The lowest BCUT2D eigenvalue weighted by atomic mass is 10.6. The first kappa shape index (κ1) is 6.53. The maximum atomic E-state index is 10.3. The molecule has 0 aliphatic heterocycles. The summed E-state index contributed by atoms with van der Waals surface area (Å²) in [6, 6.07) is 0. The second-order valence-corrected chi connectivity index (χ2v) is 1.68. The third kappa shape index (κ3) is 1.44. The molecule has 0 fully saturated rings. The topological polar surface area (TPSA) is 96.1 Å². The summed E-state index contributed by atoms with van der Waals surface area (Å²) < 4.78 is 5.15. The van der Waals surface area contributed by atoms with Crippen LogP contribution in [0, 0.1) is 0 Å². The van der Waals surface area contributed by atoms with Gasteiger partial charge >= 0.3 is 0 Å². The Bertz CT molecular complexity index is 244. The number of hydrogen-bond acceptors (Lipinski definition) is 4. The average molecular weight is 143 g/mol. The van der Waals surface area contributed by atoms with Gasteiger partial charge in [-0.1, -0.05) is 4.68 Å². The molecule has 0 aromatic carbocycles. The molecule has 10 heavy (non-hydrogen) atoms. The van der Waals surface area contributed by atoms with Crippen molar-refractivity contribution in [3.63, 3.8) is 0 Å². The fourth-order valence-electron chi connectivity index (χ4n) is 0.496. The number of nitrogens with zero attached hydrogens (tertiary/aromatic N) is 2. The molecule has 0 saturated carbocycles. The van der Waals surface area contributed by atoms with Crippen LogP contribution in [-0.2, 0) is 11.3 Å². The van der Waals surface area contributed by atoms with Crippen molar-refractivity contribution >= 4 is 5.91 Å². The largest absolute Gasteiger partial charge is 0.539 e. The van der Waals surface area contributed by atoms with Crippen molar-refractivity contribution < 1.29 is 19.1 Å². The zero-order valence-electron chi connectivity index (χ0n) is 4.98. The van der Waals surface area contributed by atoms with Gasteiger partial charge in [0.25, 0.3) is 12.5 Å². The Hall–Kier alpha value is -1.59. The van der Waals surface area contributed by atoms with Crippen molar-refractivity contribution in [1.82, 2.24) is 5.27 Å². The molecule has 0 radical (unpaired) electrons. The van der Waals surface area contributed by atoms with E-state index in [9.17, 15) is 9.90 Å². The van der Waals surface area contributed by atoms with E-state index in [0.29, 0.717) is 0 Å². The van der Waals surface area contributed by atoms with Crippen molar-refractivity contribution in [2.45, 2.75) is 6.54 Å². The second kappa shape index (κ2) is 2.34. The normalized spacial score (nSPS) is 9.60. The molecule has 54 valence electrons. The highest BCUT2D eigenvalue weighted by atomic mass is 16.6. The Morgan fingerprint density at radius 1 is 2.00 bits per heavy atom. The lowest BCUT2D eigenvalue weighted by Crippen LogP contribution is -2.41. The van der Waals surface area contributed by atoms with E-state index >= 15 is 0 Å². The zero-order chi connectivity index (χ0) is 7.56. The number of primary amides is 1. The van der Waals surface area contributed by atoms with Gasteiger partial charge in [0.15, 0.2) is 0 Å². The maximum Gasteiger partial charge on any atom is 0.285 e. The van der Waals surface area contributed by atoms with Crippen LogP contribution in [0.4, 0.5) is 0 Å². The van der Waals surface area contributed by atoms with Gasteiger partial charge in [0.1, 0.15) is 5.95 Å². The van der Waals surface area contributed by atoms with Crippen LogP contribution in [0.3, 0.4) is 0 Å². The summed E-state index contributed by atoms with van der Waals surface area (Å²) in [6.07, 6.45) is 1.05. The van der Waals surface area contributed by atoms with Crippen LogP contribution in [0.1, 0.15) is 0 Å². The van der Waals surface area contributed by atoms with Gasteiger partial charge in [0.2, 0.25) is 6.20 Å². The minimum atomic E-state index is -0.596. The molecule has 1 aromatic rings. The molecule has 0 atom stereocenters. The van der Waals surface area contributed by atoms with E-state index in [-0.39, 0.29) is 6.54 Å². The van der Waals surface area contributed by atoms with Crippen molar-refractivity contribution in [2.75, 3.05) is 0 Å². The first-order valence-corrected chi connectivity index (χ1v) is 2.50. The number of rotatable bonds is 2. The van der Waals surface area contributed by atoms with E-state index in [4.69, 9.17) is 5.73 Å². The number of carbonyl (C=O) groups excluding carboxylic acids is 1. The molecule has 1 amide bonds. The number of carbonyl (C=O) groups is 1. The van der Waals surface area contributed by atoms with Gasteiger partial charge in [-0.05, 0) is 0 Å². The Morgan fingerprint density at radius 2 is 2.70 bits per heavy atom. The minimum absolute atomic E-state index is 0.133. The van der Waals surface area contributed by atoms with Crippen LogP contribution in [-0.4, -0.2) is 11.2 Å². The molecular formula is C4H5N3O3. The van der Waals surface area contributed by atoms with Crippen molar-refractivity contribution in [1.29, 1.82) is 0 Å². The fraction of sp³-hybridized carbons (Fsp3) is 0.250. The van der Waals surface area contributed by atoms with Gasteiger partial charge < -0.3 is 15.4 Å². The van der Waals surface area contributed by atoms with Crippen LogP contribution < -0.4 is 15.5 Å². The molecule has 0 unspecified atom stereocenters. The van der Waals surface area contributed by atoms with Gasteiger partial charge in [-0.2, -0.15) is 0 Å². The lowest BCUT2D eigenvalue weighted by Gasteiger charge is -1.80. The van der Waals surface area contributed by atoms with Crippen LogP contribution in [0.15, 0.2) is 10.7 Å². The van der Waals surface area contributed by atoms with E-state index < -0.39 is 11.9 Å². The summed E-state index contributed by atoms with van der Waals surface area (Å²) in [6.45, 7) is -0.133. The molecule has 1 heterocycles. The summed E-state index contributed by atoms with van der Waals surface area (Å²) in [5, 5.41) is 13.5. The van der Waals surface area contributed by atoms with Crippen LogP contribution in [0.5, 0.6) is 5.95 Å². The third-order valence-corrected chi connectivity index (χ3v) is 0.808. The van der Waals surface area contributed by atoms with E-state index in [1.54, 1.807) is 0 Å². The first-order valence-electron chi connectivity index (χ1n) is 2.50. The highest BCUT2D eigenvalue weighted by Gasteiger charge is 2.06. The molecule has 1 rings (SSSR count). The molecule has 0 aliphatic rings. The van der Waals surface area contributed by atoms with Gasteiger partial charge in [-0.3, -0.25) is 4.79 Å². The van der Waals surface area contributed by atoms with E-state index in [2.05, 4.69) is 9.79 Å². The number of amides is 1. The van der Waals surface area contributed by atoms with E-state index in [1.165, 1.54) is 0 Å². The number of hydrogen-bond donors (Lipinski definition) is 1. The Morgan fingerprint density at radius 3 is 3.10 bits per heavy atom. The molecule has 6 heteroatoms. The molecule has 0 spiro atoms. The Labute approximate surface area is 55.8 Å². The second-order valence-electron chi connectivity index (χ2n) is 1.68. The Balaban J connectivity index is 2.67. The number of nitrogens with two attached hydrogens (primary N) is 1. The highest BCUT2D eigenvalue weighted by Crippen LogP contribution is 1.91. The molecule has 6 nitrogen and oxygen atoms in total. The van der Waals surface area contributed by atoms with Crippen molar-refractivity contribution in [3.8, 4) is 5.95 Å². The summed E-state index contributed by atoms with van der Waals surface area (Å²) in [5.74, 6) is -1.17. The van der Waals surface area contributed by atoms with E-state index in [0.717, 1.165) is 10.9 Å². The number of aromatic nitrogens is 2. The molecule has 2 N–H and O–H groups in total. The third-order valence-electron chi connectivity index (χ3n) is 0.808. The van der Waals surface area contributed by atoms with Crippen molar-refractivity contribution in [3.05, 3.63) is 6.20 Å². The van der Waals surface area contributed by atoms with Gasteiger partial charge in [-0.15, -0.1) is 0 Å². The SMILES string of the molecule is NC(=O)C[n+]1cc([O-])on1. The molecular weight excluding hydrogens is 138 g/mol. The quantitative estimate of drug-likeness (QED) is 0.463. The van der Waals surface area contributed by atoms with Gasteiger partial charge in [-0.25, -0.2) is 0 Å². The highest BCUT2D eigenvalue weighted by molar-refractivity contribution is 5.71. The fourth-order valence-corrected chi connectivity index (χ4v) is 0.496. The lowest BCUT2D eigenvalue weighted by molar-refractivity contribution is -0.751. The molecule has 0 aliphatic carbocycles. The average Bonchev–Trinajstić information content (AvgIpc) is 2.13. The smallest absolute Gasteiger partial charge is 0.285 e. The molecule has 0 saturated heterocycles. The van der Waals surface area contributed by atoms with Crippen LogP contribution in [0.25, 0.3) is 0 Å². The standard InChI is InChI=1S/C4H5N3O3/c5-3(8)1-7-2-4(9)10-6-7/h2H,1H2,(H2-,5,6,8,9). The molecule has 0 bridgehead atoms. The summed E-state index contributed by atoms with van der Waals surface area (Å²) in [5.41, 5.74) is 4.79. The maximum absolute atomic E-state index is 10.3. The summed E-state index contributed by atoms with van der Waals surface area (Å²) >= 11 is 0.